The zero-order chi connectivity index (χ0) is 14.2. The molecule has 5 heteroatoms. The van der Waals surface area contributed by atoms with Crippen LogP contribution in [0.4, 0.5) is 0 Å². The Morgan fingerprint density at radius 1 is 1.37 bits per heavy atom. The van der Waals surface area contributed by atoms with Gasteiger partial charge in [-0.2, -0.15) is 5.10 Å². The maximum absolute atomic E-state index is 6.43. The first kappa shape index (κ1) is 13.7. The molecule has 1 unspecified atom stereocenters. The van der Waals surface area contributed by atoms with Gasteiger partial charge in [0.1, 0.15) is 17.2 Å². The minimum atomic E-state index is -0.296. The Hall–Kier alpha value is -1.75. The number of hydrogen-bond acceptors (Lipinski definition) is 4. The third kappa shape index (κ3) is 2.14. The highest BCUT2D eigenvalue weighted by Crippen LogP contribution is 2.33. The molecule has 2 rings (SSSR count). The fourth-order valence-corrected chi connectivity index (χ4v) is 2.50. The SMILES string of the molecule is CCn1ncc(OC)c1C(N)c1c(C)oc(C)c1C. The van der Waals surface area contributed by atoms with Gasteiger partial charge < -0.3 is 14.9 Å². The molecule has 19 heavy (non-hydrogen) atoms. The van der Waals surface area contributed by atoms with Crippen molar-refractivity contribution in [3.63, 3.8) is 0 Å². The van der Waals surface area contributed by atoms with Gasteiger partial charge in [0.2, 0.25) is 0 Å². The van der Waals surface area contributed by atoms with E-state index < -0.39 is 0 Å². The van der Waals surface area contributed by atoms with Gasteiger partial charge in [-0.1, -0.05) is 0 Å². The second kappa shape index (κ2) is 5.09. The summed E-state index contributed by atoms with van der Waals surface area (Å²) in [6.07, 6.45) is 1.70. The van der Waals surface area contributed by atoms with Gasteiger partial charge >= 0.3 is 0 Å². The van der Waals surface area contributed by atoms with Crippen molar-refractivity contribution in [3.05, 3.63) is 34.5 Å². The van der Waals surface area contributed by atoms with E-state index >= 15 is 0 Å². The van der Waals surface area contributed by atoms with E-state index in [9.17, 15) is 0 Å². The summed E-state index contributed by atoms with van der Waals surface area (Å²) in [5.41, 5.74) is 9.43. The van der Waals surface area contributed by atoms with Crippen molar-refractivity contribution in [3.8, 4) is 5.75 Å². The monoisotopic (exact) mass is 263 g/mol. The number of rotatable bonds is 4. The average molecular weight is 263 g/mol. The number of aromatic nitrogens is 2. The van der Waals surface area contributed by atoms with Gasteiger partial charge in [0.25, 0.3) is 0 Å². The van der Waals surface area contributed by atoms with Gasteiger partial charge in [0, 0.05) is 12.1 Å². The second-order valence-electron chi connectivity index (χ2n) is 4.64. The van der Waals surface area contributed by atoms with Crippen LogP contribution in [0.25, 0.3) is 0 Å². The van der Waals surface area contributed by atoms with Crippen LogP contribution in [-0.2, 0) is 6.54 Å². The van der Waals surface area contributed by atoms with Crippen LogP contribution in [0.15, 0.2) is 10.6 Å². The van der Waals surface area contributed by atoms with Crippen molar-refractivity contribution >= 4 is 0 Å². The van der Waals surface area contributed by atoms with E-state index in [1.165, 1.54) is 0 Å². The molecule has 0 amide bonds. The van der Waals surface area contributed by atoms with Crippen molar-refractivity contribution in [2.24, 2.45) is 5.73 Å². The summed E-state index contributed by atoms with van der Waals surface area (Å²) in [5.74, 6) is 2.48. The summed E-state index contributed by atoms with van der Waals surface area (Å²) in [5, 5.41) is 4.30. The van der Waals surface area contributed by atoms with Gasteiger partial charge in [0.15, 0.2) is 5.75 Å². The molecule has 2 heterocycles. The van der Waals surface area contributed by atoms with Crippen molar-refractivity contribution < 1.29 is 9.15 Å². The summed E-state index contributed by atoms with van der Waals surface area (Å²) in [4.78, 5) is 0. The zero-order valence-electron chi connectivity index (χ0n) is 12.2. The number of nitrogens with two attached hydrogens (primary N) is 1. The van der Waals surface area contributed by atoms with Gasteiger partial charge in [-0.15, -0.1) is 0 Å². The lowest BCUT2D eigenvalue weighted by Gasteiger charge is -2.15. The van der Waals surface area contributed by atoms with Gasteiger partial charge in [0.05, 0.1) is 19.3 Å². The molecule has 0 radical (unpaired) electrons. The highest BCUT2D eigenvalue weighted by molar-refractivity contribution is 5.42. The predicted octanol–water partition coefficient (Wildman–Crippen LogP) is 2.48. The van der Waals surface area contributed by atoms with Gasteiger partial charge in [-0.3, -0.25) is 4.68 Å². The molecule has 0 aliphatic carbocycles. The molecule has 0 aromatic carbocycles. The zero-order valence-corrected chi connectivity index (χ0v) is 12.2. The first-order valence-corrected chi connectivity index (χ1v) is 6.43. The topological polar surface area (TPSA) is 66.2 Å². The highest BCUT2D eigenvalue weighted by atomic mass is 16.5. The van der Waals surface area contributed by atoms with Gasteiger partial charge in [-0.25, -0.2) is 0 Å². The molecule has 2 aromatic heterocycles. The van der Waals surface area contributed by atoms with Crippen molar-refractivity contribution in [1.29, 1.82) is 0 Å². The van der Waals surface area contributed by atoms with Crippen molar-refractivity contribution in [2.45, 2.75) is 40.3 Å². The van der Waals surface area contributed by atoms with Crippen LogP contribution in [0.5, 0.6) is 5.75 Å². The highest BCUT2D eigenvalue weighted by Gasteiger charge is 2.25. The molecule has 0 bridgehead atoms. The molecule has 1 atom stereocenters. The predicted molar refractivity (Wildman–Crippen MR) is 73.4 cm³/mol. The summed E-state index contributed by atoms with van der Waals surface area (Å²) in [6, 6.07) is -0.296. The lowest BCUT2D eigenvalue weighted by molar-refractivity contribution is 0.404. The number of methoxy groups -OCH3 is 1. The first-order valence-electron chi connectivity index (χ1n) is 6.43. The summed E-state index contributed by atoms with van der Waals surface area (Å²) in [6.45, 7) is 8.70. The van der Waals surface area contributed by atoms with E-state index in [2.05, 4.69) is 5.10 Å². The first-order chi connectivity index (χ1) is 9.01. The summed E-state index contributed by atoms with van der Waals surface area (Å²) < 4.78 is 12.9. The Bertz CT molecular complexity index is 562. The van der Waals surface area contributed by atoms with E-state index in [1.54, 1.807) is 13.3 Å². The molecule has 0 fully saturated rings. The van der Waals surface area contributed by atoms with Crippen LogP contribution in [0, 0.1) is 20.8 Å². The van der Waals surface area contributed by atoms with Gasteiger partial charge in [-0.05, 0) is 33.3 Å². The Labute approximate surface area is 113 Å². The van der Waals surface area contributed by atoms with Crippen LogP contribution < -0.4 is 10.5 Å². The second-order valence-corrected chi connectivity index (χ2v) is 4.64. The average Bonchev–Trinajstić information content (AvgIpc) is 2.90. The van der Waals surface area contributed by atoms with Crippen LogP contribution >= 0.6 is 0 Å². The van der Waals surface area contributed by atoms with Crippen molar-refractivity contribution in [2.75, 3.05) is 7.11 Å². The van der Waals surface area contributed by atoms with Crippen molar-refractivity contribution in [1.82, 2.24) is 9.78 Å². The molecule has 0 saturated heterocycles. The number of hydrogen-bond donors (Lipinski definition) is 1. The summed E-state index contributed by atoms with van der Waals surface area (Å²) in [7, 11) is 1.63. The van der Waals surface area contributed by atoms with E-state index in [1.807, 2.05) is 32.4 Å². The normalized spacial score (nSPS) is 12.7. The standard InChI is InChI=1S/C14H21N3O2/c1-6-17-14(11(18-5)7-16-17)13(15)12-8(2)9(3)19-10(12)4/h7,13H,6,15H2,1-5H3. The lowest BCUT2D eigenvalue weighted by Crippen LogP contribution is -2.19. The van der Waals surface area contributed by atoms with Crippen LogP contribution in [0.2, 0.25) is 0 Å². The molecular formula is C14H21N3O2. The molecule has 104 valence electrons. The maximum atomic E-state index is 6.43. The largest absolute Gasteiger partial charge is 0.493 e. The van der Waals surface area contributed by atoms with E-state index in [0.29, 0.717) is 5.75 Å². The Kier molecular flexibility index (Phi) is 3.66. The molecule has 2 N–H and O–H groups in total. The Morgan fingerprint density at radius 2 is 2.05 bits per heavy atom. The van der Waals surface area contributed by atoms with Crippen LogP contribution in [-0.4, -0.2) is 16.9 Å². The quantitative estimate of drug-likeness (QED) is 0.920. The molecule has 5 nitrogen and oxygen atoms in total. The fraction of sp³-hybridized carbons (Fsp3) is 0.500. The number of nitrogens with zero attached hydrogens (tertiary/aromatic N) is 2. The molecule has 0 spiro atoms. The maximum Gasteiger partial charge on any atom is 0.161 e. The Morgan fingerprint density at radius 3 is 2.53 bits per heavy atom. The van der Waals surface area contributed by atoms with E-state index in [4.69, 9.17) is 14.9 Å². The van der Waals surface area contributed by atoms with Crippen LogP contribution in [0.1, 0.15) is 41.3 Å². The molecule has 2 aromatic rings. The molecular weight excluding hydrogens is 242 g/mol. The van der Waals surface area contributed by atoms with E-state index in [-0.39, 0.29) is 6.04 Å². The Balaban J connectivity index is 2.55. The third-order valence-corrected chi connectivity index (χ3v) is 3.59. The number of ether oxygens (including phenoxy) is 1. The summed E-state index contributed by atoms with van der Waals surface area (Å²) >= 11 is 0. The molecule has 0 aliphatic heterocycles. The fourth-order valence-electron chi connectivity index (χ4n) is 2.50. The molecule has 0 saturated carbocycles. The van der Waals surface area contributed by atoms with Crippen LogP contribution in [0.3, 0.4) is 0 Å². The minimum Gasteiger partial charge on any atom is -0.493 e. The smallest absolute Gasteiger partial charge is 0.161 e. The molecule has 0 aliphatic rings. The number of furan rings is 1. The third-order valence-electron chi connectivity index (χ3n) is 3.59. The number of aryl methyl sites for hydroxylation is 3. The van der Waals surface area contributed by atoms with E-state index in [0.717, 1.165) is 34.9 Å². The minimum absolute atomic E-state index is 0.296. The lowest BCUT2D eigenvalue weighted by atomic mass is 10.00.